The van der Waals surface area contributed by atoms with Gasteiger partial charge in [-0.05, 0) is 68.9 Å². The zero-order valence-electron chi connectivity index (χ0n) is 11.8. The second kappa shape index (κ2) is 4.49. The average Bonchev–Trinajstić information content (AvgIpc) is 2.91. The Morgan fingerprint density at radius 2 is 1.94 bits per heavy atom. The van der Waals surface area contributed by atoms with Crippen LogP contribution in [0.1, 0.15) is 45.4 Å². The molecule has 0 amide bonds. The molecule has 0 aromatic heterocycles. The van der Waals surface area contributed by atoms with Crippen LogP contribution in [-0.4, -0.2) is 36.6 Å². The highest BCUT2D eigenvalue weighted by Crippen LogP contribution is 2.67. The van der Waals surface area contributed by atoms with E-state index < -0.39 is 0 Å². The fourth-order valence-electron chi connectivity index (χ4n) is 5.61. The van der Waals surface area contributed by atoms with Gasteiger partial charge in [0.25, 0.3) is 0 Å². The van der Waals surface area contributed by atoms with Gasteiger partial charge in [0.1, 0.15) is 0 Å². The second-order valence-corrected chi connectivity index (χ2v) is 7.27. The summed E-state index contributed by atoms with van der Waals surface area (Å²) in [6.07, 6.45) is 8.78. The maximum absolute atomic E-state index is 3.76. The van der Waals surface area contributed by atoms with Crippen LogP contribution in [0.3, 0.4) is 0 Å². The van der Waals surface area contributed by atoms with Crippen LogP contribution in [0.5, 0.6) is 0 Å². The van der Waals surface area contributed by atoms with Crippen LogP contribution in [0.4, 0.5) is 0 Å². The lowest BCUT2D eigenvalue weighted by Gasteiger charge is -2.27. The summed E-state index contributed by atoms with van der Waals surface area (Å²) in [4.78, 5) is 2.89. The second-order valence-electron chi connectivity index (χ2n) is 7.27. The van der Waals surface area contributed by atoms with E-state index in [1.165, 1.54) is 38.9 Å². The quantitative estimate of drug-likeness (QED) is 0.825. The molecule has 4 fully saturated rings. The molecule has 2 heteroatoms. The van der Waals surface area contributed by atoms with Crippen molar-refractivity contribution in [2.75, 3.05) is 19.6 Å². The fourth-order valence-corrected chi connectivity index (χ4v) is 5.61. The number of hydrogen-bond acceptors (Lipinski definition) is 2. The Morgan fingerprint density at radius 1 is 1.17 bits per heavy atom. The molecule has 0 aromatic rings. The minimum Gasteiger partial charge on any atom is -0.313 e. The number of nitrogens with one attached hydrogen (secondary N) is 1. The third-order valence-electron chi connectivity index (χ3n) is 6.26. The van der Waals surface area contributed by atoms with Crippen molar-refractivity contribution in [3.63, 3.8) is 0 Å². The highest BCUT2D eigenvalue weighted by Gasteiger charge is 2.66. The highest BCUT2D eigenvalue weighted by atomic mass is 15.2. The summed E-state index contributed by atoms with van der Waals surface area (Å²) in [6, 6.07) is 1.78. The van der Waals surface area contributed by atoms with E-state index in [9.17, 15) is 0 Å². The smallest absolute Gasteiger partial charge is 0.0195 e. The van der Waals surface area contributed by atoms with Crippen LogP contribution in [-0.2, 0) is 0 Å². The van der Waals surface area contributed by atoms with Gasteiger partial charge in [-0.2, -0.15) is 0 Å². The van der Waals surface area contributed by atoms with Gasteiger partial charge in [0.15, 0.2) is 0 Å². The van der Waals surface area contributed by atoms with Gasteiger partial charge in [-0.1, -0.05) is 13.3 Å². The van der Waals surface area contributed by atoms with Crippen molar-refractivity contribution in [3.8, 4) is 0 Å². The summed E-state index contributed by atoms with van der Waals surface area (Å²) in [6.45, 7) is 6.27. The summed E-state index contributed by atoms with van der Waals surface area (Å²) >= 11 is 0. The number of hydrogen-bond donors (Lipinski definition) is 1. The van der Waals surface area contributed by atoms with Crippen LogP contribution >= 0.6 is 0 Å². The summed E-state index contributed by atoms with van der Waals surface area (Å²) in [5.41, 5.74) is 0. The molecule has 102 valence electrons. The molecule has 1 saturated heterocycles. The molecule has 3 aliphatic carbocycles. The lowest BCUT2D eigenvalue weighted by Crippen LogP contribution is -2.40. The third-order valence-corrected chi connectivity index (χ3v) is 6.26. The van der Waals surface area contributed by atoms with Crippen LogP contribution in [0.2, 0.25) is 0 Å². The van der Waals surface area contributed by atoms with E-state index in [-0.39, 0.29) is 0 Å². The van der Waals surface area contributed by atoms with Crippen molar-refractivity contribution in [1.29, 1.82) is 0 Å². The summed E-state index contributed by atoms with van der Waals surface area (Å²) in [7, 11) is 0. The summed E-state index contributed by atoms with van der Waals surface area (Å²) < 4.78 is 0. The van der Waals surface area contributed by atoms with E-state index in [1.807, 2.05) is 0 Å². The highest BCUT2D eigenvalue weighted by molar-refractivity contribution is 5.17. The van der Waals surface area contributed by atoms with Crippen LogP contribution in [0.15, 0.2) is 0 Å². The molecule has 0 spiro atoms. The molecule has 1 aliphatic heterocycles. The predicted octanol–water partition coefficient (Wildman–Crippen LogP) is 2.49. The molecule has 1 heterocycles. The van der Waals surface area contributed by atoms with Crippen LogP contribution < -0.4 is 5.32 Å². The summed E-state index contributed by atoms with van der Waals surface area (Å²) in [5, 5.41) is 3.76. The molecular weight excluding hydrogens is 220 g/mol. The Balaban J connectivity index is 1.42. The largest absolute Gasteiger partial charge is 0.313 e. The average molecular weight is 248 g/mol. The lowest BCUT2D eigenvalue weighted by molar-refractivity contribution is 0.212. The first kappa shape index (κ1) is 11.7. The van der Waals surface area contributed by atoms with Gasteiger partial charge in [-0.15, -0.1) is 0 Å². The predicted molar refractivity (Wildman–Crippen MR) is 74.5 cm³/mol. The SMILES string of the molecule is CCCC1CN(C2C3C4CCC(C4)C32)CCCN1. The van der Waals surface area contributed by atoms with Crippen molar-refractivity contribution >= 4 is 0 Å². The van der Waals surface area contributed by atoms with E-state index >= 15 is 0 Å². The van der Waals surface area contributed by atoms with E-state index in [4.69, 9.17) is 0 Å². The molecule has 4 rings (SSSR count). The third kappa shape index (κ3) is 1.76. The van der Waals surface area contributed by atoms with Gasteiger partial charge < -0.3 is 5.32 Å². The minimum atomic E-state index is 0.775. The Morgan fingerprint density at radius 3 is 2.67 bits per heavy atom. The Bertz CT molecular complexity index is 300. The normalized spacial score (nSPS) is 51.2. The lowest BCUT2D eigenvalue weighted by atomic mass is 10.0. The van der Waals surface area contributed by atoms with Crippen molar-refractivity contribution < 1.29 is 0 Å². The first-order valence-corrected chi connectivity index (χ1v) is 8.36. The zero-order valence-corrected chi connectivity index (χ0v) is 11.8. The molecule has 3 saturated carbocycles. The van der Waals surface area contributed by atoms with Crippen molar-refractivity contribution in [1.82, 2.24) is 10.2 Å². The molecule has 1 N–H and O–H groups in total. The Labute approximate surface area is 111 Å². The van der Waals surface area contributed by atoms with Gasteiger partial charge in [-0.25, -0.2) is 0 Å². The van der Waals surface area contributed by atoms with E-state index in [0.717, 1.165) is 35.8 Å². The Hall–Kier alpha value is -0.0800. The van der Waals surface area contributed by atoms with E-state index in [0.29, 0.717) is 0 Å². The molecule has 0 aromatic carbocycles. The van der Waals surface area contributed by atoms with Crippen LogP contribution in [0, 0.1) is 23.7 Å². The number of nitrogens with zero attached hydrogens (tertiary/aromatic N) is 1. The first-order valence-electron chi connectivity index (χ1n) is 8.36. The molecule has 18 heavy (non-hydrogen) atoms. The monoisotopic (exact) mass is 248 g/mol. The van der Waals surface area contributed by atoms with Crippen molar-refractivity contribution in [2.45, 2.75) is 57.5 Å². The zero-order chi connectivity index (χ0) is 12.1. The molecule has 0 radical (unpaired) electrons. The topological polar surface area (TPSA) is 15.3 Å². The Kier molecular flexibility index (Phi) is 2.92. The maximum Gasteiger partial charge on any atom is 0.0195 e. The van der Waals surface area contributed by atoms with E-state index in [1.54, 1.807) is 19.3 Å². The molecule has 5 unspecified atom stereocenters. The van der Waals surface area contributed by atoms with Gasteiger partial charge in [-0.3, -0.25) is 4.90 Å². The fraction of sp³-hybridized carbons (Fsp3) is 1.00. The molecule has 2 nitrogen and oxygen atoms in total. The summed E-state index contributed by atoms with van der Waals surface area (Å²) in [5.74, 6) is 4.52. The first-order chi connectivity index (χ1) is 8.88. The van der Waals surface area contributed by atoms with Gasteiger partial charge in [0.05, 0.1) is 0 Å². The minimum absolute atomic E-state index is 0.775. The molecule has 2 bridgehead atoms. The maximum atomic E-state index is 3.76. The van der Waals surface area contributed by atoms with E-state index in [2.05, 4.69) is 17.1 Å². The molecular formula is C16H28N2. The van der Waals surface area contributed by atoms with Crippen LogP contribution in [0.25, 0.3) is 0 Å². The van der Waals surface area contributed by atoms with Gasteiger partial charge in [0, 0.05) is 18.6 Å². The molecule has 5 atom stereocenters. The van der Waals surface area contributed by atoms with Crippen molar-refractivity contribution in [2.24, 2.45) is 23.7 Å². The van der Waals surface area contributed by atoms with Gasteiger partial charge in [0.2, 0.25) is 0 Å². The number of fused-ring (bicyclic) bond motifs is 5. The van der Waals surface area contributed by atoms with Crippen molar-refractivity contribution in [3.05, 3.63) is 0 Å². The number of rotatable bonds is 3. The standard InChI is InChI=1S/C16H28N2/c1-2-4-13-10-18(8-3-7-17-13)16-14-11-5-6-12(9-11)15(14)16/h11-17H,2-10H2,1H3. The molecule has 4 aliphatic rings. The van der Waals surface area contributed by atoms with Gasteiger partial charge >= 0.3 is 0 Å².